The number of nitrogens with zero attached hydrogens (tertiary/aromatic N) is 2. The van der Waals surface area contributed by atoms with Crippen LogP contribution in [0, 0.1) is 17.2 Å². The number of carbonyl (C=O) groups is 1. The van der Waals surface area contributed by atoms with E-state index in [-0.39, 0.29) is 5.91 Å². The van der Waals surface area contributed by atoms with E-state index in [2.05, 4.69) is 6.07 Å². The van der Waals surface area contributed by atoms with Crippen molar-refractivity contribution in [2.75, 3.05) is 13.1 Å². The third kappa shape index (κ3) is 2.45. The molecule has 2 aliphatic rings. The molecule has 1 amide bonds. The van der Waals surface area contributed by atoms with E-state index in [4.69, 9.17) is 5.26 Å². The number of rotatable bonds is 3. The zero-order chi connectivity index (χ0) is 14.2. The van der Waals surface area contributed by atoms with Crippen molar-refractivity contribution in [3.05, 3.63) is 41.5 Å². The maximum absolute atomic E-state index is 11.9. The van der Waals surface area contributed by atoms with Crippen molar-refractivity contribution < 1.29 is 9.90 Å². The highest BCUT2D eigenvalue weighted by Crippen LogP contribution is 2.44. The van der Waals surface area contributed by atoms with Gasteiger partial charge in [0, 0.05) is 6.08 Å². The molecule has 1 aliphatic carbocycles. The molecule has 102 valence electrons. The van der Waals surface area contributed by atoms with E-state index in [0.717, 1.165) is 18.4 Å². The predicted molar refractivity (Wildman–Crippen MR) is 74.4 cm³/mol. The van der Waals surface area contributed by atoms with Crippen LogP contribution in [0.2, 0.25) is 0 Å². The van der Waals surface area contributed by atoms with Gasteiger partial charge in [-0.3, -0.25) is 4.79 Å². The summed E-state index contributed by atoms with van der Waals surface area (Å²) in [5.74, 6) is 0.328. The number of carbonyl (C=O) groups excluding carboxylic acids is 1. The first kappa shape index (κ1) is 12.9. The van der Waals surface area contributed by atoms with E-state index in [1.807, 2.05) is 0 Å². The molecule has 1 aromatic carbocycles. The monoisotopic (exact) mass is 268 g/mol. The Labute approximate surface area is 117 Å². The second-order valence-electron chi connectivity index (χ2n) is 5.64. The van der Waals surface area contributed by atoms with Gasteiger partial charge < -0.3 is 10.0 Å². The van der Waals surface area contributed by atoms with Crippen molar-refractivity contribution in [3.8, 4) is 6.07 Å². The minimum Gasteiger partial charge on any atom is -0.386 e. The fourth-order valence-electron chi connectivity index (χ4n) is 2.59. The zero-order valence-electron chi connectivity index (χ0n) is 11.1. The average molecular weight is 268 g/mol. The molecule has 1 saturated carbocycles. The lowest BCUT2D eigenvalue weighted by Crippen LogP contribution is -2.64. The van der Waals surface area contributed by atoms with Crippen molar-refractivity contribution in [2.45, 2.75) is 18.4 Å². The minimum absolute atomic E-state index is 0.0697. The highest BCUT2D eigenvalue weighted by molar-refractivity contribution is 5.92. The molecule has 0 unspecified atom stereocenters. The van der Waals surface area contributed by atoms with Crippen molar-refractivity contribution in [2.24, 2.45) is 5.92 Å². The van der Waals surface area contributed by atoms with Gasteiger partial charge in [0.15, 0.2) is 0 Å². The van der Waals surface area contributed by atoms with Crippen LogP contribution in [0.3, 0.4) is 0 Å². The molecule has 0 spiro atoms. The largest absolute Gasteiger partial charge is 0.386 e. The molecule has 0 atom stereocenters. The molecular weight excluding hydrogens is 252 g/mol. The number of nitriles is 1. The quantitative estimate of drug-likeness (QED) is 0.846. The van der Waals surface area contributed by atoms with E-state index >= 15 is 0 Å². The molecule has 2 fully saturated rings. The van der Waals surface area contributed by atoms with Crippen LogP contribution in [0.1, 0.15) is 24.0 Å². The molecule has 1 saturated heterocycles. The summed E-state index contributed by atoms with van der Waals surface area (Å²) >= 11 is 0. The Bertz CT molecular complexity index is 588. The molecule has 3 rings (SSSR count). The van der Waals surface area contributed by atoms with Crippen LogP contribution >= 0.6 is 0 Å². The van der Waals surface area contributed by atoms with Gasteiger partial charge in [0.25, 0.3) is 0 Å². The lowest BCUT2D eigenvalue weighted by molar-refractivity contribution is -0.154. The summed E-state index contributed by atoms with van der Waals surface area (Å²) in [6, 6.07) is 9.11. The van der Waals surface area contributed by atoms with Crippen molar-refractivity contribution >= 4 is 12.0 Å². The molecule has 4 nitrogen and oxygen atoms in total. The number of benzene rings is 1. The highest BCUT2D eigenvalue weighted by Gasteiger charge is 2.52. The van der Waals surface area contributed by atoms with E-state index < -0.39 is 5.60 Å². The number of hydrogen-bond acceptors (Lipinski definition) is 3. The molecule has 0 radical (unpaired) electrons. The van der Waals surface area contributed by atoms with Crippen LogP contribution in [0.4, 0.5) is 0 Å². The van der Waals surface area contributed by atoms with Crippen LogP contribution in [0.15, 0.2) is 30.3 Å². The number of aliphatic hydroxyl groups is 1. The Morgan fingerprint density at radius 3 is 2.55 bits per heavy atom. The zero-order valence-corrected chi connectivity index (χ0v) is 11.1. The lowest BCUT2D eigenvalue weighted by Gasteiger charge is -2.46. The van der Waals surface area contributed by atoms with Crippen LogP contribution in [-0.2, 0) is 4.79 Å². The van der Waals surface area contributed by atoms with Crippen LogP contribution < -0.4 is 0 Å². The second-order valence-corrected chi connectivity index (χ2v) is 5.64. The highest BCUT2D eigenvalue weighted by atomic mass is 16.3. The van der Waals surface area contributed by atoms with Crippen LogP contribution in [0.25, 0.3) is 6.08 Å². The first-order chi connectivity index (χ1) is 9.60. The van der Waals surface area contributed by atoms with Gasteiger partial charge in [0.05, 0.1) is 24.7 Å². The first-order valence-electron chi connectivity index (χ1n) is 6.80. The van der Waals surface area contributed by atoms with E-state index in [1.54, 1.807) is 35.2 Å². The Morgan fingerprint density at radius 2 is 2.00 bits per heavy atom. The molecule has 20 heavy (non-hydrogen) atoms. The molecule has 1 heterocycles. The number of hydrogen-bond donors (Lipinski definition) is 1. The summed E-state index contributed by atoms with van der Waals surface area (Å²) in [6.45, 7) is 0.905. The summed E-state index contributed by atoms with van der Waals surface area (Å²) in [6.07, 6.45) is 5.42. The summed E-state index contributed by atoms with van der Waals surface area (Å²) in [7, 11) is 0. The smallest absolute Gasteiger partial charge is 0.246 e. The number of likely N-dealkylation sites (tertiary alicyclic amines) is 1. The summed E-state index contributed by atoms with van der Waals surface area (Å²) in [5.41, 5.74) is 0.860. The lowest BCUT2D eigenvalue weighted by atomic mass is 9.88. The van der Waals surface area contributed by atoms with Gasteiger partial charge in [-0.15, -0.1) is 0 Å². The molecular formula is C16H16N2O2. The third-order valence-corrected chi connectivity index (χ3v) is 4.04. The molecule has 1 aliphatic heterocycles. The fraction of sp³-hybridized carbons (Fsp3) is 0.375. The van der Waals surface area contributed by atoms with Gasteiger partial charge in [-0.1, -0.05) is 12.1 Å². The Kier molecular flexibility index (Phi) is 3.07. The van der Waals surface area contributed by atoms with Crippen molar-refractivity contribution in [3.63, 3.8) is 0 Å². The summed E-state index contributed by atoms with van der Waals surface area (Å²) < 4.78 is 0. The molecule has 4 heteroatoms. The van der Waals surface area contributed by atoms with Crippen molar-refractivity contribution in [1.29, 1.82) is 5.26 Å². The van der Waals surface area contributed by atoms with E-state index in [9.17, 15) is 9.90 Å². The standard InChI is InChI=1S/C16H16N2O2/c17-9-13-3-1-12(2-4-13)5-8-15(19)18-10-16(20,11-18)14-6-7-14/h1-5,8,14,20H,6-7,10-11H2. The first-order valence-corrected chi connectivity index (χ1v) is 6.80. The molecule has 0 bridgehead atoms. The van der Waals surface area contributed by atoms with E-state index in [0.29, 0.717) is 24.6 Å². The predicted octanol–water partition coefficient (Wildman–Crippen LogP) is 1.55. The molecule has 0 aromatic heterocycles. The molecule has 1 N–H and O–H groups in total. The summed E-state index contributed by atoms with van der Waals surface area (Å²) in [4.78, 5) is 13.6. The molecule has 1 aromatic rings. The SMILES string of the molecule is N#Cc1ccc(C=CC(=O)N2CC(O)(C3CC3)C2)cc1. The van der Waals surface area contributed by atoms with Gasteiger partial charge in [-0.2, -0.15) is 5.26 Å². The van der Waals surface area contributed by atoms with Gasteiger partial charge in [-0.25, -0.2) is 0 Å². The normalized spacial score (nSPS) is 20.5. The summed E-state index contributed by atoms with van der Waals surface area (Å²) in [5, 5.41) is 18.9. The Balaban J connectivity index is 1.56. The third-order valence-electron chi connectivity index (χ3n) is 4.04. The van der Waals surface area contributed by atoms with Crippen molar-refractivity contribution in [1.82, 2.24) is 4.90 Å². The van der Waals surface area contributed by atoms with Gasteiger partial charge in [-0.05, 0) is 42.5 Å². The minimum atomic E-state index is -0.627. The number of β-amino-alcohol motifs (C(OH)–C–C–N with tert-alkyl or cyclic N) is 1. The van der Waals surface area contributed by atoms with E-state index in [1.165, 1.54) is 6.08 Å². The Hall–Kier alpha value is -2.12. The second kappa shape index (κ2) is 4.77. The van der Waals surface area contributed by atoms with Crippen LogP contribution in [0.5, 0.6) is 0 Å². The van der Waals surface area contributed by atoms with Crippen LogP contribution in [-0.4, -0.2) is 34.6 Å². The van der Waals surface area contributed by atoms with Gasteiger partial charge in [0.1, 0.15) is 5.60 Å². The maximum Gasteiger partial charge on any atom is 0.246 e. The average Bonchev–Trinajstić information content (AvgIpc) is 3.26. The fourth-order valence-corrected chi connectivity index (χ4v) is 2.59. The topological polar surface area (TPSA) is 64.3 Å². The maximum atomic E-state index is 11.9. The number of amides is 1. The Morgan fingerprint density at radius 1 is 1.35 bits per heavy atom. The van der Waals surface area contributed by atoms with Gasteiger partial charge >= 0.3 is 0 Å². The van der Waals surface area contributed by atoms with Gasteiger partial charge in [0.2, 0.25) is 5.91 Å².